The Kier molecular flexibility index (Phi) is 6.73. The average Bonchev–Trinajstić information content (AvgIpc) is 2.92. The average molecular weight is 547 g/mol. The van der Waals surface area contributed by atoms with Crippen molar-refractivity contribution in [2.75, 3.05) is 0 Å². The van der Waals surface area contributed by atoms with E-state index in [-0.39, 0.29) is 39.7 Å². The lowest BCUT2D eigenvalue weighted by molar-refractivity contribution is -0.207. The highest BCUT2D eigenvalue weighted by Crippen LogP contribution is 2.75. The summed E-state index contributed by atoms with van der Waals surface area (Å²) < 4.78 is 6.19. The molecule has 0 spiro atoms. The van der Waals surface area contributed by atoms with Crippen LogP contribution in [0.2, 0.25) is 0 Å². The van der Waals surface area contributed by atoms with Gasteiger partial charge in [0.25, 0.3) is 0 Å². The summed E-state index contributed by atoms with van der Waals surface area (Å²) in [4.78, 5) is 14.2. The summed E-state index contributed by atoms with van der Waals surface area (Å²) in [5.41, 5.74) is 2.80. The molecule has 1 aromatic rings. The molecule has 1 N–H and O–H groups in total. The third kappa shape index (κ3) is 3.74. The Morgan fingerprint density at radius 1 is 0.900 bits per heavy atom. The lowest BCUT2D eigenvalue weighted by atomic mass is 9.33. The summed E-state index contributed by atoms with van der Waals surface area (Å²) in [5, 5.41) is 11.0. The highest BCUT2D eigenvalue weighted by atomic mass is 16.5. The van der Waals surface area contributed by atoms with E-state index in [9.17, 15) is 9.90 Å². The monoisotopic (exact) mass is 546 g/mol. The highest BCUT2D eigenvalue weighted by molar-refractivity contribution is 5.79. The molecular weight excluding hydrogens is 492 g/mol. The van der Waals surface area contributed by atoms with E-state index in [1.807, 2.05) is 18.2 Å². The van der Waals surface area contributed by atoms with Gasteiger partial charge >= 0.3 is 5.97 Å². The van der Waals surface area contributed by atoms with Crippen molar-refractivity contribution in [1.29, 1.82) is 0 Å². The number of carbonyl (C=O) groups is 1. The fraction of sp³-hybridized carbons (Fsp3) is 0.757. The van der Waals surface area contributed by atoms with Gasteiger partial charge in [-0.2, -0.15) is 0 Å². The van der Waals surface area contributed by atoms with Crippen LogP contribution >= 0.6 is 0 Å². The minimum absolute atomic E-state index is 0.0310. The van der Waals surface area contributed by atoms with Crippen molar-refractivity contribution >= 4 is 5.97 Å². The molecule has 220 valence electrons. The van der Waals surface area contributed by atoms with E-state index in [1.165, 1.54) is 12.8 Å². The number of carbonyl (C=O) groups excluding carboxylic acids is 1. The van der Waals surface area contributed by atoms with Gasteiger partial charge in [-0.3, -0.25) is 4.79 Å². The number of fused-ring (bicyclic) bond motifs is 7. The number of hydrogen-bond acceptors (Lipinski definition) is 3. The first-order chi connectivity index (χ1) is 18.8. The number of benzene rings is 1. The Bertz CT molecular complexity index is 1170. The largest absolute Gasteiger partial charge is 0.460 e. The van der Waals surface area contributed by atoms with E-state index in [0.29, 0.717) is 30.3 Å². The van der Waals surface area contributed by atoms with Gasteiger partial charge in [0, 0.05) is 0 Å². The Labute approximate surface area is 243 Å². The molecule has 10 atom stereocenters. The minimum Gasteiger partial charge on any atom is -0.460 e. The zero-order chi connectivity index (χ0) is 28.7. The van der Waals surface area contributed by atoms with Gasteiger partial charge < -0.3 is 9.84 Å². The summed E-state index contributed by atoms with van der Waals surface area (Å²) in [5.74, 6) is 2.58. The van der Waals surface area contributed by atoms with Gasteiger partial charge in [-0.25, -0.2) is 0 Å². The molecule has 0 bridgehead atoms. The van der Waals surface area contributed by atoms with Gasteiger partial charge in [-0.05, 0) is 115 Å². The second-order valence-electron chi connectivity index (χ2n) is 16.2. The maximum atomic E-state index is 14.2. The van der Waals surface area contributed by atoms with Gasteiger partial charge in [0.15, 0.2) is 0 Å². The number of aliphatic hydroxyl groups excluding tert-OH is 1. The van der Waals surface area contributed by atoms with Crippen LogP contribution in [0.3, 0.4) is 0 Å². The summed E-state index contributed by atoms with van der Waals surface area (Å²) >= 11 is 0. The molecule has 0 saturated heterocycles. The predicted molar refractivity (Wildman–Crippen MR) is 161 cm³/mol. The molecule has 5 aliphatic carbocycles. The molecule has 0 aromatic heterocycles. The number of ether oxygens (including phenoxy) is 1. The molecule has 5 aliphatic rings. The first-order valence-corrected chi connectivity index (χ1v) is 16.4. The fourth-order valence-electron chi connectivity index (χ4n) is 11.7. The minimum atomic E-state index is -0.396. The van der Waals surface area contributed by atoms with Crippen LogP contribution in [0.1, 0.15) is 112 Å². The number of hydrogen-bond donors (Lipinski definition) is 1. The summed E-state index contributed by atoms with van der Waals surface area (Å²) in [6.07, 6.45) is 12.2. The Morgan fingerprint density at radius 3 is 2.35 bits per heavy atom. The van der Waals surface area contributed by atoms with E-state index in [2.05, 4.69) is 66.7 Å². The van der Waals surface area contributed by atoms with Crippen molar-refractivity contribution < 1.29 is 14.6 Å². The van der Waals surface area contributed by atoms with Crippen molar-refractivity contribution in [1.82, 2.24) is 0 Å². The van der Waals surface area contributed by atoms with Crippen LogP contribution in [0.15, 0.2) is 42.0 Å². The van der Waals surface area contributed by atoms with Crippen molar-refractivity contribution in [3.8, 4) is 0 Å². The molecule has 0 amide bonds. The van der Waals surface area contributed by atoms with Crippen molar-refractivity contribution in [2.24, 2.45) is 56.7 Å². The SMILES string of the molecule is C[C@@H]1CC[C@]2(C(=O)OCc3ccccc3)CC[C@]3(C)C(=CC[C@@H]4[C@@]5(C)CC[C@H](O)C(C)(C)[C@@H]5CC[C@]43C)C2[C@H]1C. The molecule has 3 heteroatoms. The molecule has 3 nitrogen and oxygen atoms in total. The van der Waals surface area contributed by atoms with Crippen LogP contribution in [-0.4, -0.2) is 17.2 Å². The first kappa shape index (κ1) is 28.5. The first-order valence-electron chi connectivity index (χ1n) is 16.4. The molecule has 1 unspecified atom stereocenters. The molecule has 0 radical (unpaired) electrons. The summed E-state index contributed by atoms with van der Waals surface area (Å²) in [6, 6.07) is 10.2. The Balaban J connectivity index is 1.37. The number of aliphatic hydroxyl groups is 1. The van der Waals surface area contributed by atoms with E-state index in [4.69, 9.17) is 4.74 Å². The number of rotatable bonds is 3. The quantitative estimate of drug-likeness (QED) is 0.304. The van der Waals surface area contributed by atoms with Gasteiger partial charge in [0.1, 0.15) is 6.61 Å². The molecule has 6 rings (SSSR count). The van der Waals surface area contributed by atoms with Crippen LogP contribution in [0, 0.1) is 56.7 Å². The van der Waals surface area contributed by atoms with E-state index < -0.39 is 5.41 Å². The second kappa shape index (κ2) is 9.45. The number of esters is 1. The second-order valence-corrected chi connectivity index (χ2v) is 16.2. The predicted octanol–water partition coefficient (Wildman–Crippen LogP) is 8.75. The lowest BCUT2D eigenvalue weighted by Gasteiger charge is -2.71. The standard InChI is InChI=1S/C37H54O3/c1-24-15-20-37(32(39)40-23-26-11-9-8-10-12-26)22-21-35(6)27(31(37)25(24)2)13-14-29-34(5)18-17-30(38)33(3,4)28(34)16-19-36(29,35)7/h8-13,24-25,28-31,38H,14-23H2,1-7H3/t24-,25+,28+,29-,30+,31?,34+,35-,36-,37+/m1/s1. The zero-order valence-electron chi connectivity index (χ0n) is 26.3. The topological polar surface area (TPSA) is 46.5 Å². The molecule has 4 saturated carbocycles. The third-order valence-electron chi connectivity index (χ3n) is 14.6. The fourth-order valence-corrected chi connectivity index (χ4v) is 11.7. The molecular formula is C37H54O3. The van der Waals surface area contributed by atoms with E-state index >= 15 is 0 Å². The summed E-state index contributed by atoms with van der Waals surface area (Å²) in [6.45, 7) is 17.7. The number of allylic oxidation sites excluding steroid dienone is 2. The van der Waals surface area contributed by atoms with Crippen molar-refractivity contribution in [2.45, 2.75) is 119 Å². The zero-order valence-corrected chi connectivity index (χ0v) is 26.3. The maximum Gasteiger partial charge on any atom is 0.313 e. The Hall–Kier alpha value is -1.61. The van der Waals surface area contributed by atoms with Gasteiger partial charge in [-0.1, -0.05) is 90.4 Å². The molecule has 40 heavy (non-hydrogen) atoms. The van der Waals surface area contributed by atoms with Crippen LogP contribution < -0.4 is 0 Å². The highest BCUT2D eigenvalue weighted by Gasteiger charge is 2.69. The van der Waals surface area contributed by atoms with Crippen LogP contribution in [-0.2, 0) is 16.1 Å². The van der Waals surface area contributed by atoms with Gasteiger partial charge in [-0.15, -0.1) is 0 Å². The normalized spacial score (nSPS) is 47.5. The summed E-state index contributed by atoms with van der Waals surface area (Å²) in [7, 11) is 0. The smallest absolute Gasteiger partial charge is 0.313 e. The lowest BCUT2D eigenvalue weighted by Crippen LogP contribution is -2.65. The molecule has 1 aromatic carbocycles. The van der Waals surface area contributed by atoms with Crippen LogP contribution in [0.4, 0.5) is 0 Å². The van der Waals surface area contributed by atoms with E-state index in [1.54, 1.807) is 5.57 Å². The van der Waals surface area contributed by atoms with Crippen LogP contribution in [0.25, 0.3) is 0 Å². The third-order valence-corrected chi connectivity index (χ3v) is 14.6. The van der Waals surface area contributed by atoms with Crippen molar-refractivity contribution in [3.63, 3.8) is 0 Å². The molecule has 4 fully saturated rings. The van der Waals surface area contributed by atoms with Gasteiger partial charge in [0.2, 0.25) is 0 Å². The molecule has 0 aliphatic heterocycles. The van der Waals surface area contributed by atoms with Crippen molar-refractivity contribution in [3.05, 3.63) is 47.5 Å². The van der Waals surface area contributed by atoms with E-state index in [0.717, 1.165) is 50.5 Å². The van der Waals surface area contributed by atoms with Gasteiger partial charge in [0.05, 0.1) is 11.5 Å². The van der Waals surface area contributed by atoms with Crippen LogP contribution in [0.5, 0.6) is 0 Å². The maximum absolute atomic E-state index is 14.2. The molecule has 0 heterocycles. The Morgan fingerprint density at radius 2 is 1.62 bits per heavy atom.